The van der Waals surface area contributed by atoms with Crippen molar-refractivity contribution in [3.63, 3.8) is 0 Å². The van der Waals surface area contributed by atoms with Crippen LogP contribution in [0.15, 0.2) is 30.3 Å². The van der Waals surface area contributed by atoms with Gasteiger partial charge in [-0.25, -0.2) is 4.79 Å². The zero-order valence-corrected chi connectivity index (χ0v) is 60.5. The molecule has 600 valence electrons. The molecule has 3 rings (SSSR count). The van der Waals surface area contributed by atoms with Crippen LogP contribution in [0.1, 0.15) is 136 Å². The van der Waals surface area contributed by atoms with E-state index in [1.165, 1.54) is 11.8 Å². The summed E-state index contributed by atoms with van der Waals surface area (Å²) in [6, 6.07) is -10.6. The average molecular weight is 1530 g/mol. The van der Waals surface area contributed by atoms with Crippen LogP contribution in [0.2, 0.25) is 0 Å². The van der Waals surface area contributed by atoms with E-state index in [1.807, 2.05) is 10.6 Å². The first-order valence-corrected chi connectivity index (χ1v) is 35.1. The third-order valence-corrected chi connectivity index (χ3v) is 17.1. The number of hydrogen-bond donors (Lipinski definition) is 22. The Morgan fingerprint density at radius 2 is 1.02 bits per heavy atom. The molecule has 26 N–H and O–H groups in total. The quantitative estimate of drug-likeness (QED) is 0.0164. The van der Waals surface area contributed by atoms with Gasteiger partial charge < -0.3 is 122 Å². The molecule has 42 nitrogen and oxygen atoms in total. The topological polar surface area (TPSA) is 687 Å². The minimum Gasteiger partial charge on any atom is -0.481 e. The highest BCUT2D eigenvalue weighted by molar-refractivity contribution is 6.01. The normalized spacial score (nSPS) is 16.9. The molecule has 0 unspecified atom stereocenters. The molecule has 2 heterocycles. The number of aliphatic carboxylic acids is 4. The number of aliphatic hydroxyl groups excluding tert-OH is 1. The van der Waals surface area contributed by atoms with E-state index in [0.29, 0.717) is 31.2 Å². The lowest BCUT2D eigenvalue weighted by Crippen LogP contribution is -2.61. The van der Waals surface area contributed by atoms with E-state index in [0.717, 1.165) is 11.8 Å². The molecular formula is C66H103N19O23. The summed E-state index contributed by atoms with van der Waals surface area (Å²) in [5.74, 6) is -21.3. The second kappa shape index (κ2) is 46.0. The zero-order valence-electron chi connectivity index (χ0n) is 60.5. The van der Waals surface area contributed by atoms with Gasteiger partial charge in [0.1, 0.15) is 66.5 Å². The van der Waals surface area contributed by atoms with Gasteiger partial charge in [-0.2, -0.15) is 0 Å². The van der Waals surface area contributed by atoms with Crippen molar-refractivity contribution in [2.24, 2.45) is 28.9 Å². The molecule has 0 bridgehead atoms. The number of rotatable bonds is 48. The van der Waals surface area contributed by atoms with Crippen LogP contribution in [0.25, 0.3) is 0 Å². The summed E-state index contributed by atoms with van der Waals surface area (Å²) in [7, 11) is 0. The SMILES string of the molecule is CC(C)C[C@H](NC(=O)[C@@H](N)CCCNC(=N)N)C(=O)N[C@@H](C)C(=O)NCC(=O)NCC(=O)N[C@@H](CC(=O)O)C(=O)N[C@H](C(=O)N[C@@H](CCC(=O)O)C(=O)N[C@@H](CC(=O)O)C(=O)N1CCC[C@H]1C(=O)N[C@@H](CCC(N)=O)C(=O)N[C@@H](Cc1ccccc1)C(=O)N1CCC[C@H]1C(=O)N[C@@H](CCCCN)C(=O)O)[C@@H](C)O. The number of carboxylic acids is 4. The smallest absolute Gasteiger partial charge is 0.326 e. The van der Waals surface area contributed by atoms with Crippen LogP contribution in [-0.2, 0) is 92.7 Å². The van der Waals surface area contributed by atoms with Gasteiger partial charge in [0.25, 0.3) is 0 Å². The maximum atomic E-state index is 14.6. The van der Waals surface area contributed by atoms with Gasteiger partial charge in [-0.15, -0.1) is 0 Å². The number of benzene rings is 1. The fourth-order valence-corrected chi connectivity index (χ4v) is 11.5. The molecule has 108 heavy (non-hydrogen) atoms. The lowest BCUT2D eigenvalue weighted by Gasteiger charge is -2.32. The number of amides is 14. The number of nitrogens with zero attached hydrogens (tertiary/aromatic N) is 2. The first-order chi connectivity index (χ1) is 50.8. The molecule has 2 aliphatic heterocycles. The lowest BCUT2D eigenvalue weighted by molar-refractivity contribution is -0.146. The molecule has 1 aromatic rings. The minimum absolute atomic E-state index is 0.0238. The number of carboxylic acid groups (broad SMARTS) is 4. The largest absolute Gasteiger partial charge is 0.481 e. The lowest BCUT2D eigenvalue weighted by atomic mass is 10.0. The molecule has 13 atom stereocenters. The fraction of sp³-hybridized carbons (Fsp3) is 0.621. The van der Waals surface area contributed by atoms with Gasteiger partial charge >= 0.3 is 23.9 Å². The van der Waals surface area contributed by atoms with Crippen molar-refractivity contribution in [2.45, 2.75) is 215 Å². The second-order valence-electron chi connectivity index (χ2n) is 26.5. The van der Waals surface area contributed by atoms with E-state index >= 15 is 0 Å². The fourth-order valence-electron chi connectivity index (χ4n) is 11.5. The number of likely N-dealkylation sites (tertiary alicyclic amines) is 2. The summed E-state index contributed by atoms with van der Waals surface area (Å²) in [5, 5.41) is 85.0. The second-order valence-corrected chi connectivity index (χ2v) is 26.5. The van der Waals surface area contributed by atoms with Crippen LogP contribution < -0.4 is 86.7 Å². The van der Waals surface area contributed by atoms with Crippen LogP contribution >= 0.6 is 0 Å². The summed E-state index contributed by atoms with van der Waals surface area (Å²) < 4.78 is 0. The number of primary amides is 1. The zero-order chi connectivity index (χ0) is 81.1. The van der Waals surface area contributed by atoms with Crippen molar-refractivity contribution in [3.05, 3.63) is 35.9 Å². The Bertz CT molecular complexity index is 3380. The molecular weight excluding hydrogens is 1430 g/mol. The Balaban J connectivity index is 1.76. The van der Waals surface area contributed by atoms with Gasteiger partial charge in [0.05, 0.1) is 38.1 Å². The van der Waals surface area contributed by atoms with E-state index in [1.54, 1.807) is 44.2 Å². The van der Waals surface area contributed by atoms with Gasteiger partial charge in [-0.1, -0.05) is 44.2 Å². The third-order valence-electron chi connectivity index (χ3n) is 17.1. The Hall–Kier alpha value is -11.2. The van der Waals surface area contributed by atoms with Gasteiger partial charge in [-0.3, -0.25) is 86.9 Å². The molecule has 1 aromatic carbocycles. The molecule has 0 spiro atoms. The maximum Gasteiger partial charge on any atom is 0.326 e. The van der Waals surface area contributed by atoms with E-state index in [9.17, 15) is 112 Å². The minimum atomic E-state index is -2.16. The van der Waals surface area contributed by atoms with E-state index < -0.39 is 237 Å². The van der Waals surface area contributed by atoms with E-state index in [4.69, 9.17) is 28.3 Å². The van der Waals surface area contributed by atoms with Crippen molar-refractivity contribution >= 4 is 113 Å². The first kappa shape index (κ1) is 91.0. The van der Waals surface area contributed by atoms with Crippen molar-refractivity contribution in [1.29, 1.82) is 5.41 Å². The average Bonchev–Trinajstić information content (AvgIpc) is 1.62. The Morgan fingerprint density at radius 1 is 0.509 bits per heavy atom. The molecule has 0 aliphatic carbocycles. The predicted octanol–water partition coefficient (Wildman–Crippen LogP) is -7.86. The summed E-state index contributed by atoms with van der Waals surface area (Å²) in [5.41, 5.74) is 22.8. The monoisotopic (exact) mass is 1530 g/mol. The summed E-state index contributed by atoms with van der Waals surface area (Å²) in [6.45, 7) is 4.31. The van der Waals surface area contributed by atoms with Gasteiger partial charge in [0.15, 0.2) is 5.96 Å². The van der Waals surface area contributed by atoms with Gasteiger partial charge in [0, 0.05) is 38.9 Å². The van der Waals surface area contributed by atoms with Gasteiger partial charge in [0.2, 0.25) is 82.7 Å². The van der Waals surface area contributed by atoms with Crippen molar-refractivity contribution in [2.75, 3.05) is 39.3 Å². The number of carbonyl (C=O) groups excluding carboxylic acids is 14. The van der Waals surface area contributed by atoms with Crippen LogP contribution in [0, 0.1) is 11.3 Å². The number of nitrogens with one attached hydrogen (secondary N) is 13. The number of unbranched alkanes of at least 4 members (excludes halogenated alkanes) is 1. The van der Waals surface area contributed by atoms with E-state index in [2.05, 4.69) is 53.2 Å². The number of carbonyl (C=O) groups is 18. The molecule has 0 saturated carbocycles. The van der Waals surface area contributed by atoms with Crippen LogP contribution in [-0.4, -0.2) is 266 Å². The van der Waals surface area contributed by atoms with Crippen LogP contribution in [0.3, 0.4) is 0 Å². The Kier molecular flexibility index (Phi) is 38.8. The van der Waals surface area contributed by atoms with Crippen LogP contribution in [0.5, 0.6) is 0 Å². The number of hydrogen-bond acceptors (Lipinski definition) is 22. The highest BCUT2D eigenvalue weighted by Gasteiger charge is 2.44. The van der Waals surface area contributed by atoms with E-state index in [-0.39, 0.29) is 83.0 Å². The Morgan fingerprint density at radius 3 is 1.56 bits per heavy atom. The highest BCUT2D eigenvalue weighted by atomic mass is 16.4. The molecule has 42 heteroatoms. The molecule has 2 aliphatic rings. The van der Waals surface area contributed by atoms with Crippen molar-refractivity contribution in [1.82, 2.24) is 73.6 Å². The number of guanidine groups is 1. The molecule has 0 aromatic heterocycles. The van der Waals surface area contributed by atoms with Gasteiger partial charge in [-0.05, 0) is 109 Å². The number of aliphatic hydroxyl groups is 1. The Labute approximate surface area is 620 Å². The summed E-state index contributed by atoms with van der Waals surface area (Å²) >= 11 is 0. The molecule has 2 saturated heterocycles. The molecule has 14 amide bonds. The number of nitrogens with two attached hydrogens (primary N) is 4. The standard InChI is InChI=1S/C66H103N19O23/c1-33(2)27-41(80-55(97)37(68)15-10-24-72-66(70)71)58(100)75-34(3)54(96)74-31-48(88)73-32-49(89)76-42(29-51(92)93)59(101)83-53(35(4)86)62(104)78-39(20-22-50(90)91)57(99)82-44(30-52(94)95)64(106)85-26-11-17-45(85)60(102)77-38(19-21-47(69)87)56(98)81-43(28-36-13-6-5-7-14-36)63(105)84-25-12-18-46(84)61(103)79-40(65(107)108)16-8-9-23-67/h5-7,13-14,33-35,37-46,53,86H,8-12,15-32,67-68H2,1-4H3,(H2,69,87)(H,73,88)(H,74,96)(H,75,100)(H,76,89)(H,77,102)(H,78,104)(H,79,103)(H,80,97)(H,81,98)(H,82,99)(H,83,101)(H,90,91)(H,92,93)(H,94,95)(H,107,108)(H4,70,71,72)/t34-,35+,37-,38-,39-,40-,41-,42-,43-,44-,45-,46-,53-/m0/s1. The highest BCUT2D eigenvalue weighted by Crippen LogP contribution is 2.23. The van der Waals surface area contributed by atoms with Crippen molar-refractivity contribution < 1.29 is 112 Å². The van der Waals surface area contributed by atoms with Crippen molar-refractivity contribution in [3.8, 4) is 0 Å². The molecule has 2 fully saturated rings. The first-order valence-electron chi connectivity index (χ1n) is 35.1. The summed E-state index contributed by atoms with van der Waals surface area (Å²) in [6.07, 6.45) is -5.25. The maximum absolute atomic E-state index is 14.6. The third kappa shape index (κ3) is 32.3. The van der Waals surface area contributed by atoms with Crippen LogP contribution in [0.4, 0.5) is 0 Å². The predicted molar refractivity (Wildman–Crippen MR) is 377 cm³/mol. The summed E-state index contributed by atoms with van der Waals surface area (Å²) in [4.78, 5) is 241. The molecule has 0 radical (unpaired) electrons.